The average Bonchev–Trinajstić information content (AvgIpc) is 2.38. The number of hydrogen-bond acceptors (Lipinski definition) is 3. The number of aliphatic carboxylic acids is 1. The topological polar surface area (TPSA) is 66.6 Å². The number of benzene rings is 1. The molecule has 0 radical (unpaired) electrons. The minimum Gasteiger partial charge on any atom is -0.480 e. The molecule has 1 aromatic carbocycles. The van der Waals surface area contributed by atoms with Gasteiger partial charge in [-0.25, -0.2) is 4.79 Å². The summed E-state index contributed by atoms with van der Waals surface area (Å²) in [6.07, 6.45) is 1.01. The number of nitrogens with zero attached hydrogens (tertiary/aromatic N) is 1. The molecule has 0 saturated heterocycles. The van der Waals surface area contributed by atoms with Crippen LogP contribution in [0.4, 0.5) is 0 Å². The van der Waals surface area contributed by atoms with Crippen LogP contribution in [0.1, 0.15) is 32.8 Å². The molecule has 3 N–H and O–H groups in total. The molecule has 0 amide bonds. The van der Waals surface area contributed by atoms with Crippen LogP contribution in [0.25, 0.3) is 0 Å². The van der Waals surface area contributed by atoms with E-state index in [4.69, 9.17) is 5.73 Å². The first-order valence-corrected chi connectivity index (χ1v) is 7.05. The first kappa shape index (κ1) is 16.7. The van der Waals surface area contributed by atoms with E-state index < -0.39 is 11.5 Å². The van der Waals surface area contributed by atoms with Crippen molar-refractivity contribution >= 4 is 5.97 Å². The predicted molar refractivity (Wildman–Crippen MR) is 81.5 cm³/mol. The smallest absolute Gasteiger partial charge is 0.329 e. The quantitative estimate of drug-likeness (QED) is 0.803. The van der Waals surface area contributed by atoms with Gasteiger partial charge in [0.1, 0.15) is 0 Å². The van der Waals surface area contributed by atoms with Crippen LogP contribution in [0.5, 0.6) is 0 Å². The molecule has 0 saturated carbocycles. The minimum atomic E-state index is -1.37. The molecular weight excluding hydrogens is 252 g/mol. The van der Waals surface area contributed by atoms with Crippen LogP contribution in [0, 0.1) is 5.92 Å². The van der Waals surface area contributed by atoms with Gasteiger partial charge in [0.15, 0.2) is 5.54 Å². The Labute approximate surface area is 121 Å². The fraction of sp³-hybridized carbons (Fsp3) is 0.562. The number of likely N-dealkylation sites (N-methyl/N-ethyl adjacent to an activating group) is 1. The molecule has 0 heterocycles. The number of carbonyl (C=O) groups is 1. The Morgan fingerprint density at radius 1 is 1.30 bits per heavy atom. The van der Waals surface area contributed by atoms with Crippen LogP contribution in [-0.2, 0) is 10.3 Å². The number of nitrogens with two attached hydrogens (primary N) is 1. The molecule has 2 unspecified atom stereocenters. The highest BCUT2D eigenvalue weighted by Gasteiger charge is 2.37. The zero-order chi connectivity index (χ0) is 15.3. The van der Waals surface area contributed by atoms with Crippen molar-refractivity contribution in [2.75, 3.05) is 13.6 Å². The highest BCUT2D eigenvalue weighted by Crippen LogP contribution is 2.21. The van der Waals surface area contributed by atoms with Crippen molar-refractivity contribution < 1.29 is 9.90 Å². The highest BCUT2D eigenvalue weighted by atomic mass is 16.4. The molecule has 20 heavy (non-hydrogen) atoms. The Kier molecular flexibility index (Phi) is 5.72. The molecule has 112 valence electrons. The number of rotatable bonds is 7. The second-order valence-corrected chi connectivity index (χ2v) is 6.04. The van der Waals surface area contributed by atoms with Gasteiger partial charge in [-0.05, 0) is 31.9 Å². The molecule has 0 aromatic heterocycles. The van der Waals surface area contributed by atoms with Gasteiger partial charge in [0.2, 0.25) is 0 Å². The maximum Gasteiger partial charge on any atom is 0.329 e. The van der Waals surface area contributed by atoms with E-state index in [1.807, 2.05) is 30.1 Å². The predicted octanol–water partition coefficient (Wildman–Crippen LogP) is 2.29. The largest absolute Gasteiger partial charge is 0.480 e. The zero-order valence-electron chi connectivity index (χ0n) is 12.8. The lowest BCUT2D eigenvalue weighted by molar-refractivity contribution is -0.144. The van der Waals surface area contributed by atoms with Gasteiger partial charge in [-0.1, -0.05) is 44.2 Å². The van der Waals surface area contributed by atoms with E-state index >= 15 is 0 Å². The third-order valence-corrected chi connectivity index (χ3v) is 3.73. The number of carboxylic acids is 1. The second-order valence-electron chi connectivity index (χ2n) is 6.04. The monoisotopic (exact) mass is 278 g/mol. The van der Waals surface area contributed by atoms with Crippen molar-refractivity contribution in [3.05, 3.63) is 35.9 Å². The molecule has 4 nitrogen and oxygen atoms in total. The van der Waals surface area contributed by atoms with E-state index in [2.05, 4.69) is 20.8 Å². The van der Waals surface area contributed by atoms with Crippen molar-refractivity contribution in [3.8, 4) is 0 Å². The first-order chi connectivity index (χ1) is 9.27. The second kappa shape index (κ2) is 6.86. The minimum absolute atomic E-state index is 0.292. The number of hydrogen-bond donors (Lipinski definition) is 2. The van der Waals surface area contributed by atoms with Crippen LogP contribution >= 0.6 is 0 Å². The Balaban J connectivity index is 2.91. The summed E-state index contributed by atoms with van der Waals surface area (Å²) >= 11 is 0. The van der Waals surface area contributed by atoms with Gasteiger partial charge in [-0.15, -0.1) is 0 Å². The van der Waals surface area contributed by atoms with E-state index in [-0.39, 0.29) is 0 Å². The molecule has 0 bridgehead atoms. The molecule has 0 spiro atoms. The lowest BCUT2D eigenvalue weighted by Crippen LogP contribution is -2.54. The van der Waals surface area contributed by atoms with Crippen LogP contribution < -0.4 is 5.73 Å². The summed E-state index contributed by atoms with van der Waals surface area (Å²) in [7, 11) is 1.93. The van der Waals surface area contributed by atoms with Crippen LogP contribution in [0.15, 0.2) is 30.3 Å². The van der Waals surface area contributed by atoms with E-state index in [0.29, 0.717) is 24.1 Å². The summed E-state index contributed by atoms with van der Waals surface area (Å²) in [5.74, 6) is -0.423. The van der Waals surface area contributed by atoms with Crippen molar-refractivity contribution in [1.29, 1.82) is 0 Å². The molecule has 0 aliphatic rings. The maximum absolute atomic E-state index is 11.7. The van der Waals surface area contributed by atoms with Crippen molar-refractivity contribution in [1.82, 2.24) is 4.90 Å². The van der Waals surface area contributed by atoms with Crippen molar-refractivity contribution in [2.24, 2.45) is 11.7 Å². The summed E-state index contributed by atoms with van der Waals surface area (Å²) in [5.41, 5.74) is 5.45. The lowest BCUT2D eigenvalue weighted by Gasteiger charge is -2.34. The molecule has 0 fully saturated rings. The standard InChI is InChI=1S/C16H26N2O2/c1-12(2)10-13(3)18(4)11-16(17,15(19)20)14-8-6-5-7-9-14/h5-9,12-13H,10-11,17H2,1-4H3,(H,19,20). The third kappa shape index (κ3) is 4.05. The van der Waals surface area contributed by atoms with Gasteiger partial charge >= 0.3 is 5.97 Å². The molecule has 4 heteroatoms. The third-order valence-electron chi connectivity index (χ3n) is 3.73. The summed E-state index contributed by atoms with van der Waals surface area (Å²) in [6.45, 7) is 6.72. The molecule has 1 rings (SSSR count). The van der Waals surface area contributed by atoms with Crippen LogP contribution in [0.2, 0.25) is 0 Å². The summed E-state index contributed by atoms with van der Waals surface area (Å²) < 4.78 is 0. The average molecular weight is 278 g/mol. The molecule has 0 aliphatic carbocycles. The van der Waals surface area contributed by atoms with Crippen LogP contribution in [-0.4, -0.2) is 35.6 Å². The fourth-order valence-electron chi connectivity index (χ4n) is 2.43. The van der Waals surface area contributed by atoms with E-state index in [1.165, 1.54) is 0 Å². The Morgan fingerprint density at radius 3 is 2.30 bits per heavy atom. The van der Waals surface area contributed by atoms with Crippen molar-refractivity contribution in [2.45, 2.75) is 38.8 Å². The highest BCUT2D eigenvalue weighted by molar-refractivity contribution is 5.80. The van der Waals surface area contributed by atoms with E-state index in [1.54, 1.807) is 12.1 Å². The molecule has 0 aliphatic heterocycles. The summed E-state index contributed by atoms with van der Waals surface area (Å²) in [5, 5.41) is 9.55. The van der Waals surface area contributed by atoms with Crippen LogP contribution in [0.3, 0.4) is 0 Å². The zero-order valence-corrected chi connectivity index (χ0v) is 12.8. The fourth-order valence-corrected chi connectivity index (χ4v) is 2.43. The van der Waals surface area contributed by atoms with Gasteiger partial charge in [-0.3, -0.25) is 0 Å². The first-order valence-electron chi connectivity index (χ1n) is 7.05. The van der Waals surface area contributed by atoms with Gasteiger partial charge < -0.3 is 15.7 Å². The molecule has 1 aromatic rings. The van der Waals surface area contributed by atoms with E-state index in [0.717, 1.165) is 6.42 Å². The normalized spacial score (nSPS) is 16.1. The Morgan fingerprint density at radius 2 is 1.85 bits per heavy atom. The van der Waals surface area contributed by atoms with E-state index in [9.17, 15) is 9.90 Å². The van der Waals surface area contributed by atoms with Gasteiger partial charge in [-0.2, -0.15) is 0 Å². The van der Waals surface area contributed by atoms with Gasteiger partial charge in [0.05, 0.1) is 0 Å². The Hall–Kier alpha value is -1.39. The summed E-state index contributed by atoms with van der Waals surface area (Å²) in [4.78, 5) is 13.7. The van der Waals surface area contributed by atoms with Gasteiger partial charge in [0, 0.05) is 12.6 Å². The van der Waals surface area contributed by atoms with Gasteiger partial charge in [0.25, 0.3) is 0 Å². The maximum atomic E-state index is 11.7. The molecular formula is C16H26N2O2. The number of carboxylic acid groups (broad SMARTS) is 1. The van der Waals surface area contributed by atoms with Crippen molar-refractivity contribution in [3.63, 3.8) is 0 Å². The SMILES string of the molecule is CC(C)CC(C)N(C)CC(N)(C(=O)O)c1ccccc1. The molecule has 2 atom stereocenters. The Bertz CT molecular complexity index is 433. The lowest BCUT2D eigenvalue weighted by atomic mass is 9.89. The summed E-state index contributed by atoms with van der Waals surface area (Å²) in [6, 6.07) is 9.33.